The fourth-order valence-electron chi connectivity index (χ4n) is 2.07. The van der Waals surface area contributed by atoms with E-state index in [4.69, 9.17) is 19.7 Å². The van der Waals surface area contributed by atoms with Crippen LogP contribution in [0.4, 0.5) is 5.82 Å². The van der Waals surface area contributed by atoms with Crippen LogP contribution < -0.4 is 5.73 Å². The number of fused-ring (bicyclic) bond motifs is 1. The molecule has 10 nitrogen and oxygen atoms in total. The number of nitrogen functional groups attached to an aromatic ring is 1. The van der Waals surface area contributed by atoms with Gasteiger partial charge in [-0.1, -0.05) is 0 Å². The molecule has 2 heterocycles. The molecule has 136 valence electrons. The van der Waals surface area contributed by atoms with E-state index >= 15 is 0 Å². The van der Waals surface area contributed by atoms with Crippen LogP contribution in [-0.2, 0) is 28.8 Å². The Balaban J connectivity index is 2.53. The summed E-state index contributed by atoms with van der Waals surface area (Å²) in [6.07, 6.45) is 2.59. The van der Waals surface area contributed by atoms with Crippen molar-refractivity contribution in [3.05, 3.63) is 12.7 Å². The summed E-state index contributed by atoms with van der Waals surface area (Å²) in [7, 11) is 0.138. The number of hydrogen-bond acceptors (Lipinski definition) is 9. The second-order valence-corrected chi connectivity index (χ2v) is 7.84. The number of carbonyl (C=O) groups is 1. The second-order valence-electron chi connectivity index (χ2n) is 6.26. The SMILES string of the molecule is CO[P+](=O)C(COC(=O)C(C)(C)C)(OC)n1cnc2c(N)ncnc21. The zero-order valence-corrected chi connectivity index (χ0v) is 15.6. The van der Waals surface area contributed by atoms with E-state index in [9.17, 15) is 9.36 Å². The quantitative estimate of drug-likeness (QED) is 0.595. The smallest absolute Gasteiger partial charge is 0.455 e. The van der Waals surface area contributed by atoms with Crippen LogP contribution in [0.15, 0.2) is 12.7 Å². The van der Waals surface area contributed by atoms with Crippen molar-refractivity contribution in [2.45, 2.75) is 26.2 Å². The molecule has 0 saturated carbocycles. The van der Waals surface area contributed by atoms with Crippen molar-refractivity contribution in [1.82, 2.24) is 19.5 Å². The Morgan fingerprint density at radius 1 is 1.28 bits per heavy atom. The number of carbonyl (C=O) groups excluding carboxylic acids is 1. The molecule has 0 fully saturated rings. The van der Waals surface area contributed by atoms with Gasteiger partial charge in [-0.25, -0.2) is 19.5 Å². The summed E-state index contributed by atoms with van der Waals surface area (Å²) in [6.45, 7) is 4.76. The number of hydrogen-bond donors (Lipinski definition) is 1. The van der Waals surface area contributed by atoms with Gasteiger partial charge in [-0.05, 0) is 25.3 Å². The highest BCUT2D eigenvalue weighted by Gasteiger charge is 2.57. The predicted molar refractivity (Wildman–Crippen MR) is 89.7 cm³/mol. The molecule has 2 aromatic heterocycles. The predicted octanol–water partition coefficient (Wildman–Crippen LogP) is 1.64. The number of nitrogens with two attached hydrogens (primary N) is 1. The number of esters is 1. The lowest BCUT2D eigenvalue weighted by Gasteiger charge is -2.24. The Morgan fingerprint density at radius 3 is 2.52 bits per heavy atom. The first kappa shape index (κ1) is 19.2. The molecule has 0 aliphatic heterocycles. The first-order valence-corrected chi connectivity index (χ1v) is 8.53. The lowest BCUT2D eigenvalue weighted by Crippen LogP contribution is -2.39. The molecule has 2 rings (SSSR count). The maximum atomic E-state index is 12.6. The van der Waals surface area contributed by atoms with Gasteiger partial charge in [-0.15, -0.1) is 4.52 Å². The van der Waals surface area contributed by atoms with Crippen molar-refractivity contribution < 1.29 is 23.4 Å². The van der Waals surface area contributed by atoms with E-state index in [1.807, 2.05) is 0 Å². The van der Waals surface area contributed by atoms with Crippen molar-refractivity contribution in [3.63, 3.8) is 0 Å². The van der Waals surface area contributed by atoms with Gasteiger partial charge in [0.1, 0.15) is 18.2 Å². The van der Waals surface area contributed by atoms with Crippen molar-refractivity contribution in [2.24, 2.45) is 5.41 Å². The fraction of sp³-hybridized carbons (Fsp3) is 0.571. The fourth-order valence-corrected chi connectivity index (χ4v) is 3.00. The summed E-state index contributed by atoms with van der Waals surface area (Å²) in [5, 5.41) is 0. The molecule has 2 atom stereocenters. The highest BCUT2D eigenvalue weighted by Crippen LogP contribution is 2.46. The largest absolute Gasteiger partial charge is 0.572 e. The number of imidazole rings is 1. The highest BCUT2D eigenvalue weighted by atomic mass is 31.1. The number of rotatable bonds is 6. The minimum absolute atomic E-state index is 0.160. The molecule has 2 N–H and O–H groups in total. The van der Waals surface area contributed by atoms with E-state index in [2.05, 4.69) is 15.0 Å². The van der Waals surface area contributed by atoms with E-state index in [0.717, 1.165) is 0 Å². The summed E-state index contributed by atoms with van der Waals surface area (Å²) in [5.41, 5.74) is 3.99. The van der Waals surface area contributed by atoms with Crippen LogP contribution in [-0.4, -0.2) is 46.3 Å². The van der Waals surface area contributed by atoms with Crippen LogP contribution in [0.5, 0.6) is 0 Å². The van der Waals surface area contributed by atoms with E-state index < -0.39 is 24.9 Å². The average Bonchev–Trinajstić information content (AvgIpc) is 3.00. The van der Waals surface area contributed by atoms with Crippen molar-refractivity contribution in [3.8, 4) is 0 Å². The summed E-state index contributed by atoms with van der Waals surface area (Å²) in [6, 6.07) is 0. The third kappa shape index (κ3) is 3.46. The van der Waals surface area contributed by atoms with Gasteiger partial charge in [0.25, 0.3) is 0 Å². The van der Waals surface area contributed by atoms with Gasteiger partial charge in [0.2, 0.25) is 0 Å². The van der Waals surface area contributed by atoms with Gasteiger partial charge >= 0.3 is 19.5 Å². The summed E-state index contributed by atoms with van der Waals surface area (Å²) >= 11 is 0. The lowest BCUT2D eigenvalue weighted by molar-refractivity contribution is -0.162. The normalized spacial score (nSPS) is 15.0. The van der Waals surface area contributed by atoms with Crippen LogP contribution in [0.1, 0.15) is 20.8 Å². The number of methoxy groups -OCH3 is 1. The van der Waals surface area contributed by atoms with Crippen LogP contribution in [0.2, 0.25) is 0 Å². The third-order valence-electron chi connectivity index (χ3n) is 3.52. The minimum atomic E-state index is -2.45. The topological polar surface area (TPSA) is 131 Å². The first-order chi connectivity index (χ1) is 11.7. The van der Waals surface area contributed by atoms with E-state index in [1.165, 1.54) is 31.4 Å². The van der Waals surface area contributed by atoms with Gasteiger partial charge in [0, 0.05) is 7.11 Å². The van der Waals surface area contributed by atoms with Gasteiger partial charge in [-0.3, -0.25) is 4.79 Å². The van der Waals surface area contributed by atoms with Crippen molar-refractivity contribution in [1.29, 1.82) is 0 Å². The molecule has 0 aliphatic rings. The van der Waals surface area contributed by atoms with Crippen LogP contribution in [0.25, 0.3) is 11.2 Å². The standard InChI is InChI=1S/C14H21N5O5P/c1-13(2,3)12(20)24-6-14(22-4,25(21)23-5)19-8-18-9-10(15)16-7-17-11(9)19/h7-8H,6H2,1-5H3,(H2,15,16,17)/q+1. The van der Waals surface area contributed by atoms with Crippen LogP contribution in [0.3, 0.4) is 0 Å². The molecule has 0 spiro atoms. The monoisotopic (exact) mass is 370 g/mol. The number of aromatic nitrogens is 4. The maximum Gasteiger partial charge on any atom is 0.572 e. The molecular formula is C14H21N5O5P+. The molecule has 0 saturated heterocycles. The maximum absolute atomic E-state index is 12.6. The summed E-state index contributed by atoms with van der Waals surface area (Å²) < 4.78 is 29.8. The van der Waals surface area contributed by atoms with E-state index in [0.29, 0.717) is 5.52 Å². The highest BCUT2D eigenvalue weighted by molar-refractivity contribution is 7.40. The van der Waals surface area contributed by atoms with Gasteiger partial charge in [0.15, 0.2) is 18.1 Å². The molecular weight excluding hydrogens is 349 g/mol. The summed E-state index contributed by atoms with van der Waals surface area (Å²) in [4.78, 5) is 24.2. The molecule has 0 amide bonds. The Morgan fingerprint density at radius 2 is 1.96 bits per heavy atom. The number of nitrogens with zero attached hydrogens (tertiary/aromatic N) is 4. The van der Waals surface area contributed by atoms with Gasteiger partial charge in [-0.2, -0.15) is 0 Å². The number of ether oxygens (including phenoxy) is 2. The van der Waals surface area contributed by atoms with Crippen LogP contribution in [0, 0.1) is 5.41 Å². The van der Waals surface area contributed by atoms with Crippen molar-refractivity contribution >= 4 is 31.0 Å². The minimum Gasteiger partial charge on any atom is -0.455 e. The second kappa shape index (κ2) is 6.99. The van der Waals surface area contributed by atoms with Gasteiger partial charge in [0.05, 0.1) is 12.5 Å². The first-order valence-electron chi connectivity index (χ1n) is 7.35. The zero-order valence-electron chi connectivity index (χ0n) is 14.7. The average molecular weight is 370 g/mol. The molecule has 0 aromatic carbocycles. The molecule has 2 unspecified atom stereocenters. The van der Waals surface area contributed by atoms with Crippen molar-refractivity contribution in [2.75, 3.05) is 26.6 Å². The Hall–Kier alpha value is -2.16. The van der Waals surface area contributed by atoms with E-state index in [1.54, 1.807) is 20.8 Å². The molecule has 25 heavy (non-hydrogen) atoms. The lowest BCUT2D eigenvalue weighted by atomic mass is 9.97. The number of anilines is 1. The Kier molecular flexibility index (Phi) is 5.36. The molecule has 0 bridgehead atoms. The van der Waals surface area contributed by atoms with Crippen LogP contribution >= 0.6 is 8.03 Å². The molecule has 0 radical (unpaired) electrons. The third-order valence-corrected chi connectivity index (χ3v) is 4.95. The van der Waals surface area contributed by atoms with Gasteiger partial charge < -0.3 is 15.2 Å². The Bertz CT molecular complexity index is 802. The molecule has 0 aliphatic carbocycles. The van der Waals surface area contributed by atoms with E-state index in [-0.39, 0.29) is 18.1 Å². The Labute approximate surface area is 145 Å². The molecule has 2 aromatic rings. The molecule has 11 heteroatoms. The zero-order chi connectivity index (χ0) is 18.8. The summed E-state index contributed by atoms with van der Waals surface area (Å²) in [5.74, 6) is -0.319.